The summed E-state index contributed by atoms with van der Waals surface area (Å²) in [6.07, 6.45) is 0.0327. The highest BCUT2D eigenvalue weighted by molar-refractivity contribution is 5.35. The maximum absolute atomic E-state index is 11.6. The SMILES string of the molecule is Cc1ccc(-n2nc(CC#N)c(=O)cc2C)cc1. The number of nitrogens with zero attached hydrogens (tertiary/aromatic N) is 3. The molecule has 2 rings (SSSR count). The zero-order chi connectivity index (χ0) is 13.1. The summed E-state index contributed by atoms with van der Waals surface area (Å²) in [6.45, 7) is 3.83. The lowest BCUT2D eigenvalue weighted by molar-refractivity contribution is 0.767. The highest BCUT2D eigenvalue weighted by Gasteiger charge is 2.06. The molecule has 18 heavy (non-hydrogen) atoms. The second-order valence-electron chi connectivity index (χ2n) is 4.18. The molecule has 0 fully saturated rings. The third kappa shape index (κ3) is 2.30. The summed E-state index contributed by atoms with van der Waals surface area (Å²) in [4.78, 5) is 11.6. The Labute approximate surface area is 105 Å². The molecule has 1 heterocycles. The molecule has 0 saturated carbocycles. The van der Waals surface area contributed by atoms with Gasteiger partial charge in [-0.1, -0.05) is 17.7 Å². The highest BCUT2D eigenvalue weighted by atomic mass is 16.1. The van der Waals surface area contributed by atoms with Crippen molar-refractivity contribution in [2.24, 2.45) is 0 Å². The van der Waals surface area contributed by atoms with Gasteiger partial charge in [0.25, 0.3) is 0 Å². The van der Waals surface area contributed by atoms with Gasteiger partial charge in [0.05, 0.1) is 18.2 Å². The molecule has 0 aliphatic heterocycles. The van der Waals surface area contributed by atoms with Crippen LogP contribution in [0.1, 0.15) is 17.0 Å². The highest BCUT2D eigenvalue weighted by Crippen LogP contribution is 2.10. The van der Waals surface area contributed by atoms with E-state index in [4.69, 9.17) is 5.26 Å². The first-order valence-electron chi connectivity index (χ1n) is 5.65. The van der Waals surface area contributed by atoms with Crippen LogP contribution in [-0.4, -0.2) is 9.78 Å². The first kappa shape index (κ1) is 12.1. The normalized spacial score (nSPS) is 10.1. The van der Waals surface area contributed by atoms with Crippen molar-refractivity contribution in [3.8, 4) is 11.8 Å². The number of hydrogen-bond acceptors (Lipinski definition) is 3. The summed E-state index contributed by atoms with van der Waals surface area (Å²) in [5.41, 5.74) is 2.90. The van der Waals surface area contributed by atoms with E-state index in [2.05, 4.69) is 5.10 Å². The summed E-state index contributed by atoms with van der Waals surface area (Å²) in [7, 11) is 0. The largest absolute Gasteiger partial charge is 0.288 e. The van der Waals surface area contributed by atoms with Gasteiger partial charge >= 0.3 is 0 Å². The maximum atomic E-state index is 11.6. The molecule has 1 aromatic carbocycles. The minimum absolute atomic E-state index is 0.0327. The number of rotatable bonds is 2. The van der Waals surface area contributed by atoms with Crippen molar-refractivity contribution in [1.29, 1.82) is 5.26 Å². The molecule has 0 atom stereocenters. The van der Waals surface area contributed by atoms with E-state index in [1.807, 2.05) is 44.2 Å². The Hall–Kier alpha value is -2.41. The van der Waals surface area contributed by atoms with Crippen LogP contribution in [-0.2, 0) is 6.42 Å². The van der Waals surface area contributed by atoms with Crippen molar-refractivity contribution in [2.45, 2.75) is 20.3 Å². The minimum Gasteiger partial charge on any atom is -0.288 e. The van der Waals surface area contributed by atoms with Crippen LogP contribution in [0.4, 0.5) is 0 Å². The van der Waals surface area contributed by atoms with Gasteiger partial charge in [-0.25, -0.2) is 4.68 Å². The first-order chi connectivity index (χ1) is 8.61. The number of nitriles is 1. The lowest BCUT2D eigenvalue weighted by atomic mass is 10.2. The van der Waals surface area contributed by atoms with Crippen molar-refractivity contribution in [1.82, 2.24) is 9.78 Å². The van der Waals surface area contributed by atoms with E-state index in [1.165, 1.54) is 6.07 Å². The third-order valence-electron chi connectivity index (χ3n) is 2.70. The average Bonchev–Trinajstić information content (AvgIpc) is 2.34. The fraction of sp³-hybridized carbons (Fsp3) is 0.214. The fourth-order valence-electron chi connectivity index (χ4n) is 1.73. The number of benzene rings is 1. The molecule has 2 aromatic rings. The zero-order valence-corrected chi connectivity index (χ0v) is 10.3. The summed E-state index contributed by atoms with van der Waals surface area (Å²) in [6, 6.07) is 11.3. The van der Waals surface area contributed by atoms with Gasteiger partial charge in [-0.2, -0.15) is 10.4 Å². The van der Waals surface area contributed by atoms with E-state index in [1.54, 1.807) is 4.68 Å². The van der Waals surface area contributed by atoms with Gasteiger partial charge in [-0.05, 0) is 26.0 Å². The van der Waals surface area contributed by atoms with Crippen LogP contribution in [0.3, 0.4) is 0 Å². The summed E-state index contributed by atoms with van der Waals surface area (Å²) in [5, 5.41) is 12.9. The van der Waals surface area contributed by atoms with Gasteiger partial charge in [-0.15, -0.1) is 0 Å². The molecule has 0 amide bonds. The lowest BCUT2D eigenvalue weighted by Crippen LogP contribution is -2.18. The quantitative estimate of drug-likeness (QED) is 0.804. The first-order valence-corrected chi connectivity index (χ1v) is 5.65. The third-order valence-corrected chi connectivity index (χ3v) is 2.70. The molecule has 0 N–H and O–H groups in total. The zero-order valence-electron chi connectivity index (χ0n) is 10.3. The van der Waals surface area contributed by atoms with Crippen molar-refractivity contribution < 1.29 is 0 Å². The van der Waals surface area contributed by atoms with E-state index in [0.29, 0.717) is 0 Å². The number of aromatic nitrogens is 2. The minimum atomic E-state index is -0.183. The fourth-order valence-corrected chi connectivity index (χ4v) is 1.73. The Morgan fingerprint density at radius 1 is 1.28 bits per heavy atom. The van der Waals surface area contributed by atoms with Crippen molar-refractivity contribution in [2.75, 3.05) is 0 Å². The molecule has 0 bridgehead atoms. The lowest BCUT2D eigenvalue weighted by Gasteiger charge is -2.10. The number of aryl methyl sites for hydroxylation is 2. The Kier molecular flexibility index (Phi) is 3.24. The topological polar surface area (TPSA) is 58.7 Å². The summed E-state index contributed by atoms with van der Waals surface area (Å²) in [5.74, 6) is 0. The molecule has 0 saturated heterocycles. The second kappa shape index (κ2) is 4.84. The molecule has 0 radical (unpaired) electrons. The van der Waals surface area contributed by atoms with Crippen LogP contribution in [0.5, 0.6) is 0 Å². The van der Waals surface area contributed by atoms with E-state index in [0.717, 1.165) is 16.9 Å². The predicted octanol–water partition coefficient (Wildman–Crippen LogP) is 1.92. The Morgan fingerprint density at radius 2 is 1.94 bits per heavy atom. The monoisotopic (exact) mass is 239 g/mol. The molecule has 0 aliphatic rings. The molecule has 0 unspecified atom stereocenters. The van der Waals surface area contributed by atoms with Crippen molar-refractivity contribution >= 4 is 0 Å². The van der Waals surface area contributed by atoms with Crippen LogP contribution >= 0.6 is 0 Å². The van der Waals surface area contributed by atoms with Gasteiger partial charge in [0.15, 0.2) is 0 Å². The average molecular weight is 239 g/mol. The van der Waals surface area contributed by atoms with Gasteiger partial charge in [0, 0.05) is 11.8 Å². The molecule has 1 aromatic heterocycles. The van der Waals surface area contributed by atoms with E-state index in [9.17, 15) is 4.79 Å². The van der Waals surface area contributed by atoms with E-state index in [-0.39, 0.29) is 17.5 Å². The van der Waals surface area contributed by atoms with E-state index >= 15 is 0 Å². The predicted molar refractivity (Wildman–Crippen MR) is 68.6 cm³/mol. The number of hydrogen-bond donors (Lipinski definition) is 0. The van der Waals surface area contributed by atoms with Crippen LogP contribution in [0.25, 0.3) is 5.69 Å². The smallest absolute Gasteiger partial charge is 0.204 e. The molecule has 4 nitrogen and oxygen atoms in total. The summed E-state index contributed by atoms with van der Waals surface area (Å²) >= 11 is 0. The molecule has 90 valence electrons. The van der Waals surface area contributed by atoms with Gasteiger partial charge < -0.3 is 0 Å². The van der Waals surface area contributed by atoms with Crippen molar-refractivity contribution in [3.05, 3.63) is 57.5 Å². The van der Waals surface area contributed by atoms with Crippen LogP contribution in [0.2, 0.25) is 0 Å². The molecular formula is C14H13N3O. The molecule has 0 aliphatic carbocycles. The van der Waals surface area contributed by atoms with Crippen LogP contribution in [0.15, 0.2) is 35.1 Å². The summed E-state index contributed by atoms with van der Waals surface area (Å²) < 4.78 is 1.69. The molecule has 4 heteroatoms. The Bertz CT molecular complexity index is 663. The Morgan fingerprint density at radius 3 is 2.56 bits per heavy atom. The van der Waals surface area contributed by atoms with Crippen LogP contribution in [0, 0.1) is 25.2 Å². The van der Waals surface area contributed by atoms with Crippen LogP contribution < -0.4 is 5.43 Å². The van der Waals surface area contributed by atoms with Gasteiger partial charge in [0.2, 0.25) is 5.43 Å². The van der Waals surface area contributed by atoms with Crippen molar-refractivity contribution in [3.63, 3.8) is 0 Å². The molecular weight excluding hydrogens is 226 g/mol. The maximum Gasteiger partial charge on any atom is 0.204 e. The standard InChI is InChI=1S/C14H13N3O/c1-10-3-5-12(6-4-10)17-11(2)9-14(18)13(16-17)7-8-15/h3-6,9H,7H2,1-2H3. The second-order valence-corrected chi connectivity index (χ2v) is 4.18. The molecule has 0 spiro atoms. The van der Waals surface area contributed by atoms with Gasteiger partial charge in [-0.3, -0.25) is 4.79 Å². The Balaban J connectivity index is 2.57. The van der Waals surface area contributed by atoms with Gasteiger partial charge in [0.1, 0.15) is 5.69 Å². The van der Waals surface area contributed by atoms with E-state index < -0.39 is 0 Å².